The van der Waals surface area contributed by atoms with E-state index in [2.05, 4.69) is 69.3 Å². The van der Waals surface area contributed by atoms with Gasteiger partial charge in [0.25, 0.3) is 8.32 Å². The Morgan fingerprint density at radius 2 is 1.46 bits per heavy atom. The largest absolute Gasteiger partial charge is 0.444 e. The first kappa shape index (κ1) is 27.5. The van der Waals surface area contributed by atoms with E-state index >= 15 is 0 Å². The fourth-order valence-electron chi connectivity index (χ4n) is 5.80. The molecular weight excluding hydrogens is 482 g/mol. The number of Topliss-reactive ketones (excluding diaryl/α,β-unsaturated/α-hetero) is 1. The molecule has 200 valence electrons. The van der Waals surface area contributed by atoms with Crippen LogP contribution in [-0.2, 0) is 18.7 Å². The summed E-state index contributed by atoms with van der Waals surface area (Å²) in [7, 11) is -2.76. The van der Waals surface area contributed by atoms with Crippen LogP contribution in [0.5, 0.6) is 0 Å². The molecule has 0 N–H and O–H groups in total. The molecule has 1 unspecified atom stereocenters. The molecule has 2 aromatic rings. The SMILES string of the molecule is CC(=O)[C@H]1C[C@@H](CO[Si](c2ccccc2)(c2ccccc2)C(C)(C)C)[C@@H](C2CO2)N1C(=O)OC(C)(C)C. The molecule has 37 heavy (non-hydrogen) atoms. The number of amides is 1. The molecule has 2 aliphatic heterocycles. The number of nitrogens with zero attached hydrogens (tertiary/aromatic N) is 1. The zero-order valence-electron chi connectivity index (χ0n) is 23.2. The summed E-state index contributed by atoms with van der Waals surface area (Å²) >= 11 is 0. The van der Waals surface area contributed by atoms with Gasteiger partial charge in [0, 0.05) is 12.5 Å². The summed E-state index contributed by atoms with van der Waals surface area (Å²) in [5.41, 5.74) is -0.656. The van der Waals surface area contributed by atoms with Gasteiger partial charge in [-0.2, -0.15) is 0 Å². The second-order valence-electron chi connectivity index (χ2n) is 12.3. The number of hydrogen-bond donors (Lipinski definition) is 0. The standard InChI is InChI=1S/C30H41NO5Si/c1-21(32)25-18-22(27(26-20-34-26)31(25)28(33)36-29(2,3)4)19-35-37(30(5,6)7,23-14-10-8-11-15-23)24-16-12-9-13-17-24/h8-17,22,25-27H,18-20H2,1-7H3/t22-,25+,26?,27-/m0/s1. The van der Waals surface area contributed by atoms with Crippen molar-refractivity contribution in [2.45, 2.75) is 83.7 Å². The van der Waals surface area contributed by atoms with Crippen molar-refractivity contribution >= 4 is 30.6 Å². The lowest BCUT2D eigenvalue weighted by Crippen LogP contribution is -2.67. The van der Waals surface area contributed by atoms with Crippen molar-refractivity contribution in [2.24, 2.45) is 5.92 Å². The first-order chi connectivity index (χ1) is 17.3. The van der Waals surface area contributed by atoms with Gasteiger partial charge in [-0.25, -0.2) is 4.79 Å². The molecule has 4 atom stereocenters. The molecule has 0 radical (unpaired) electrons. The number of epoxide rings is 1. The summed E-state index contributed by atoms with van der Waals surface area (Å²) in [6, 6.07) is 20.2. The van der Waals surface area contributed by atoms with E-state index in [1.807, 2.05) is 32.9 Å². The highest BCUT2D eigenvalue weighted by Crippen LogP contribution is 2.41. The molecule has 7 heteroatoms. The van der Waals surface area contributed by atoms with Gasteiger partial charge in [0.1, 0.15) is 11.7 Å². The number of ether oxygens (including phenoxy) is 2. The summed E-state index contributed by atoms with van der Waals surface area (Å²) in [5, 5.41) is 2.25. The van der Waals surface area contributed by atoms with Gasteiger partial charge in [-0.1, -0.05) is 81.4 Å². The average Bonchev–Trinajstić information content (AvgIpc) is 3.58. The molecule has 2 fully saturated rings. The monoisotopic (exact) mass is 523 g/mol. The summed E-state index contributed by atoms with van der Waals surface area (Å²) in [6.07, 6.45) is -0.0251. The maximum Gasteiger partial charge on any atom is 0.411 e. The van der Waals surface area contributed by atoms with Gasteiger partial charge in [-0.3, -0.25) is 9.69 Å². The third kappa shape index (κ3) is 5.69. The van der Waals surface area contributed by atoms with Crippen LogP contribution >= 0.6 is 0 Å². The second kappa shape index (κ2) is 10.3. The fourth-order valence-corrected chi connectivity index (χ4v) is 10.4. The lowest BCUT2D eigenvalue weighted by molar-refractivity contribution is -0.121. The molecule has 0 saturated carbocycles. The van der Waals surface area contributed by atoms with Crippen molar-refractivity contribution in [3.63, 3.8) is 0 Å². The van der Waals surface area contributed by atoms with E-state index in [1.54, 1.807) is 11.8 Å². The lowest BCUT2D eigenvalue weighted by Gasteiger charge is -2.44. The highest BCUT2D eigenvalue weighted by atomic mass is 28.4. The van der Waals surface area contributed by atoms with Crippen molar-refractivity contribution in [3.8, 4) is 0 Å². The van der Waals surface area contributed by atoms with Gasteiger partial charge < -0.3 is 13.9 Å². The summed E-state index contributed by atoms with van der Waals surface area (Å²) in [4.78, 5) is 27.7. The predicted molar refractivity (Wildman–Crippen MR) is 148 cm³/mol. The Bertz CT molecular complexity index is 1050. The molecule has 0 aliphatic carbocycles. The lowest BCUT2D eigenvalue weighted by atomic mass is 9.97. The first-order valence-electron chi connectivity index (χ1n) is 13.2. The van der Waals surface area contributed by atoms with E-state index in [0.29, 0.717) is 19.6 Å². The molecule has 0 aromatic heterocycles. The first-order valence-corrected chi connectivity index (χ1v) is 15.1. The molecule has 1 amide bonds. The van der Waals surface area contributed by atoms with E-state index in [9.17, 15) is 9.59 Å². The highest BCUT2D eigenvalue weighted by Gasteiger charge is 2.56. The number of benzene rings is 2. The van der Waals surface area contributed by atoms with Crippen molar-refractivity contribution in [2.75, 3.05) is 13.2 Å². The van der Waals surface area contributed by atoms with Gasteiger partial charge in [-0.15, -0.1) is 0 Å². The third-order valence-electron chi connectivity index (χ3n) is 7.41. The Hall–Kier alpha value is -2.48. The average molecular weight is 524 g/mol. The number of carbonyl (C=O) groups excluding carboxylic acids is 2. The maximum absolute atomic E-state index is 13.3. The zero-order valence-corrected chi connectivity index (χ0v) is 24.2. The Balaban J connectivity index is 1.71. The zero-order chi connectivity index (χ0) is 27.0. The van der Waals surface area contributed by atoms with E-state index in [1.165, 1.54) is 10.4 Å². The molecule has 2 heterocycles. The van der Waals surface area contributed by atoms with E-state index < -0.39 is 26.1 Å². The molecule has 0 spiro atoms. The van der Waals surface area contributed by atoms with E-state index in [0.717, 1.165) is 0 Å². The minimum Gasteiger partial charge on any atom is -0.444 e. The van der Waals surface area contributed by atoms with E-state index in [4.69, 9.17) is 13.9 Å². The fraction of sp³-hybridized carbons (Fsp3) is 0.533. The van der Waals surface area contributed by atoms with Crippen LogP contribution in [0, 0.1) is 5.92 Å². The van der Waals surface area contributed by atoms with Crippen LogP contribution in [0.1, 0.15) is 54.9 Å². The predicted octanol–water partition coefficient (Wildman–Crippen LogP) is 4.55. The van der Waals surface area contributed by atoms with Crippen molar-refractivity contribution in [3.05, 3.63) is 60.7 Å². The molecule has 2 aliphatic rings. The van der Waals surface area contributed by atoms with Crippen molar-refractivity contribution in [1.82, 2.24) is 4.90 Å². The van der Waals surface area contributed by atoms with Crippen LogP contribution in [0.4, 0.5) is 4.79 Å². The normalized spacial score (nSPS) is 24.1. The smallest absolute Gasteiger partial charge is 0.411 e. The van der Waals surface area contributed by atoms with Crippen LogP contribution in [-0.4, -0.2) is 62.1 Å². The summed E-state index contributed by atoms with van der Waals surface area (Å²) < 4.78 is 18.7. The quantitative estimate of drug-likeness (QED) is 0.394. The van der Waals surface area contributed by atoms with Crippen LogP contribution in [0.25, 0.3) is 0 Å². The topological polar surface area (TPSA) is 68.4 Å². The van der Waals surface area contributed by atoms with Gasteiger partial charge in [0.15, 0.2) is 5.78 Å². The van der Waals surface area contributed by atoms with Crippen LogP contribution in [0.2, 0.25) is 5.04 Å². The van der Waals surface area contributed by atoms with Gasteiger partial charge >= 0.3 is 6.09 Å². The minimum absolute atomic E-state index is 0.0375. The van der Waals surface area contributed by atoms with E-state index in [-0.39, 0.29) is 28.9 Å². The maximum atomic E-state index is 13.3. The third-order valence-corrected chi connectivity index (χ3v) is 12.4. The molecule has 0 bridgehead atoms. The Morgan fingerprint density at radius 1 is 0.946 bits per heavy atom. The summed E-state index contributed by atoms with van der Waals surface area (Å²) in [6.45, 7) is 14.8. The number of likely N-dealkylation sites (tertiary alicyclic amines) is 1. The summed E-state index contributed by atoms with van der Waals surface area (Å²) in [5.74, 6) is -0.0833. The van der Waals surface area contributed by atoms with Crippen molar-refractivity contribution in [1.29, 1.82) is 0 Å². The molecule has 6 nitrogen and oxygen atoms in total. The number of ketones is 1. The van der Waals surface area contributed by atoms with Gasteiger partial charge in [0.05, 0.1) is 18.7 Å². The highest BCUT2D eigenvalue weighted by molar-refractivity contribution is 6.99. The Kier molecular flexibility index (Phi) is 7.71. The number of rotatable bonds is 7. The molecule has 4 rings (SSSR count). The Morgan fingerprint density at radius 3 is 1.86 bits per heavy atom. The molecular formula is C30H41NO5Si. The van der Waals surface area contributed by atoms with Crippen LogP contribution < -0.4 is 10.4 Å². The second-order valence-corrected chi connectivity index (χ2v) is 16.7. The molecule has 2 saturated heterocycles. The Labute approximate surface area is 222 Å². The molecule has 2 aromatic carbocycles. The van der Waals surface area contributed by atoms with Gasteiger partial charge in [0.2, 0.25) is 0 Å². The van der Waals surface area contributed by atoms with Crippen molar-refractivity contribution < 1.29 is 23.5 Å². The van der Waals surface area contributed by atoms with Gasteiger partial charge in [-0.05, 0) is 49.5 Å². The number of hydrogen-bond acceptors (Lipinski definition) is 5. The van der Waals surface area contributed by atoms with Crippen LogP contribution in [0.3, 0.4) is 0 Å². The van der Waals surface area contributed by atoms with Crippen LogP contribution in [0.15, 0.2) is 60.7 Å². The minimum atomic E-state index is -2.76. The number of carbonyl (C=O) groups is 2.